The maximum atomic E-state index is 10.2. The number of anilines is 1. The van der Waals surface area contributed by atoms with Crippen molar-refractivity contribution in [3.8, 4) is 0 Å². The van der Waals surface area contributed by atoms with E-state index in [9.17, 15) is 15.3 Å². The summed E-state index contributed by atoms with van der Waals surface area (Å²) in [6, 6.07) is 0. The average Bonchev–Trinajstić information content (AvgIpc) is 3.07. The van der Waals surface area contributed by atoms with Crippen molar-refractivity contribution >= 4 is 17.0 Å². The van der Waals surface area contributed by atoms with Gasteiger partial charge in [-0.05, 0) is 5.41 Å². The minimum absolute atomic E-state index is 0.0725. The van der Waals surface area contributed by atoms with Gasteiger partial charge in [0.15, 0.2) is 23.2 Å². The highest BCUT2D eigenvalue weighted by Crippen LogP contribution is 2.32. The summed E-state index contributed by atoms with van der Waals surface area (Å²) in [5.41, 5.74) is 1.11. The molecule has 132 valence electrons. The molecule has 1 aliphatic heterocycles. The Morgan fingerprint density at radius 3 is 2.58 bits per heavy atom. The molecular formula is C15H23N5O4. The van der Waals surface area contributed by atoms with Gasteiger partial charge in [-0.15, -0.1) is 0 Å². The van der Waals surface area contributed by atoms with Crippen LogP contribution >= 0.6 is 0 Å². The Labute approximate surface area is 139 Å². The Morgan fingerprint density at radius 1 is 1.21 bits per heavy atom. The third-order valence-electron chi connectivity index (χ3n) is 3.94. The van der Waals surface area contributed by atoms with Crippen molar-refractivity contribution in [1.82, 2.24) is 19.5 Å². The molecule has 9 heteroatoms. The number of imidazole rings is 1. The van der Waals surface area contributed by atoms with E-state index < -0.39 is 24.5 Å². The molecule has 3 heterocycles. The van der Waals surface area contributed by atoms with E-state index in [1.807, 2.05) is 0 Å². The maximum Gasteiger partial charge on any atom is 0.167 e. The molecule has 0 bridgehead atoms. The monoisotopic (exact) mass is 337 g/mol. The molecule has 24 heavy (non-hydrogen) atoms. The molecule has 0 aromatic carbocycles. The highest BCUT2D eigenvalue weighted by Gasteiger charge is 2.44. The molecule has 0 radical (unpaired) electrons. The minimum atomic E-state index is -1.18. The first-order chi connectivity index (χ1) is 11.3. The summed E-state index contributed by atoms with van der Waals surface area (Å²) >= 11 is 0. The Morgan fingerprint density at radius 2 is 1.96 bits per heavy atom. The van der Waals surface area contributed by atoms with E-state index in [1.54, 1.807) is 4.57 Å². The van der Waals surface area contributed by atoms with Crippen LogP contribution < -0.4 is 5.32 Å². The minimum Gasteiger partial charge on any atom is -0.394 e. The number of hydrogen-bond acceptors (Lipinski definition) is 8. The van der Waals surface area contributed by atoms with Crippen LogP contribution in [0.25, 0.3) is 11.2 Å². The zero-order valence-electron chi connectivity index (χ0n) is 13.9. The normalized spacial score (nSPS) is 27.8. The number of fused-ring (bicyclic) bond motifs is 1. The summed E-state index contributed by atoms with van der Waals surface area (Å²) in [4.78, 5) is 12.8. The molecule has 9 nitrogen and oxygen atoms in total. The van der Waals surface area contributed by atoms with Crippen molar-refractivity contribution in [3.05, 3.63) is 12.7 Å². The Balaban J connectivity index is 1.91. The molecule has 4 atom stereocenters. The van der Waals surface area contributed by atoms with E-state index in [2.05, 4.69) is 41.0 Å². The highest BCUT2D eigenvalue weighted by molar-refractivity contribution is 5.82. The number of ether oxygens (including phenoxy) is 1. The predicted molar refractivity (Wildman–Crippen MR) is 86.3 cm³/mol. The number of aliphatic hydroxyl groups excluding tert-OH is 3. The zero-order valence-corrected chi connectivity index (χ0v) is 13.9. The quantitative estimate of drug-likeness (QED) is 0.609. The number of nitrogens with one attached hydrogen (secondary N) is 1. The van der Waals surface area contributed by atoms with Gasteiger partial charge in [0, 0.05) is 6.54 Å². The molecule has 1 saturated heterocycles. The molecular weight excluding hydrogens is 314 g/mol. The molecule has 0 amide bonds. The van der Waals surface area contributed by atoms with E-state index in [1.165, 1.54) is 12.7 Å². The van der Waals surface area contributed by atoms with Gasteiger partial charge in [0.1, 0.15) is 24.6 Å². The fourth-order valence-corrected chi connectivity index (χ4v) is 2.63. The van der Waals surface area contributed by atoms with Gasteiger partial charge in [0.25, 0.3) is 0 Å². The van der Waals surface area contributed by atoms with Crippen LogP contribution in [0.4, 0.5) is 5.82 Å². The van der Waals surface area contributed by atoms with Crippen molar-refractivity contribution in [2.75, 3.05) is 18.5 Å². The third kappa shape index (κ3) is 3.07. The van der Waals surface area contributed by atoms with Crippen molar-refractivity contribution in [2.24, 2.45) is 5.41 Å². The molecule has 0 aliphatic carbocycles. The first-order valence-corrected chi connectivity index (χ1v) is 7.85. The first-order valence-electron chi connectivity index (χ1n) is 7.85. The molecule has 2 aromatic heterocycles. The van der Waals surface area contributed by atoms with E-state index in [-0.39, 0.29) is 12.0 Å². The number of aromatic nitrogens is 4. The van der Waals surface area contributed by atoms with Gasteiger partial charge in [-0.3, -0.25) is 4.57 Å². The van der Waals surface area contributed by atoms with Crippen LogP contribution in [-0.2, 0) is 4.74 Å². The van der Waals surface area contributed by atoms with E-state index in [0.717, 1.165) is 0 Å². The molecule has 3 rings (SSSR count). The summed E-state index contributed by atoms with van der Waals surface area (Å²) in [5, 5.41) is 32.6. The number of rotatable bonds is 4. The largest absolute Gasteiger partial charge is 0.394 e. The second-order valence-corrected chi connectivity index (χ2v) is 7.19. The number of nitrogens with zero attached hydrogens (tertiary/aromatic N) is 4. The van der Waals surface area contributed by atoms with Crippen molar-refractivity contribution in [2.45, 2.75) is 45.3 Å². The average molecular weight is 337 g/mol. The second-order valence-electron chi connectivity index (χ2n) is 7.19. The Bertz CT molecular complexity index is 713. The highest BCUT2D eigenvalue weighted by atomic mass is 16.6. The predicted octanol–water partition coefficient (Wildman–Crippen LogP) is -0.104. The summed E-state index contributed by atoms with van der Waals surface area (Å²) in [6.07, 6.45) is -1.16. The third-order valence-corrected chi connectivity index (χ3v) is 3.94. The SMILES string of the molecule is CC(C)(C)CNc1ncnc2c1ncn2C1OC(CO)C(O)C1O. The summed E-state index contributed by atoms with van der Waals surface area (Å²) < 4.78 is 7.08. The number of aliphatic hydroxyl groups is 3. The van der Waals surface area contributed by atoms with Gasteiger partial charge >= 0.3 is 0 Å². The fraction of sp³-hybridized carbons (Fsp3) is 0.667. The lowest BCUT2D eigenvalue weighted by atomic mass is 9.97. The Kier molecular flexibility index (Phi) is 4.43. The van der Waals surface area contributed by atoms with Crippen LogP contribution in [0.5, 0.6) is 0 Å². The maximum absolute atomic E-state index is 10.2. The van der Waals surface area contributed by atoms with Crippen molar-refractivity contribution in [1.29, 1.82) is 0 Å². The standard InChI is InChI=1S/C15H23N5O4/c1-15(2,3)5-16-12-9-13(18-6-17-12)20(7-19-9)14-11(23)10(22)8(4-21)24-14/h6-8,10-11,14,21-23H,4-5H2,1-3H3,(H,16,17,18). The molecule has 0 saturated carbocycles. The van der Waals surface area contributed by atoms with Crippen LogP contribution in [0.3, 0.4) is 0 Å². The molecule has 1 fully saturated rings. The van der Waals surface area contributed by atoms with Crippen LogP contribution in [-0.4, -0.2) is 66.3 Å². The lowest BCUT2D eigenvalue weighted by Crippen LogP contribution is -2.33. The smallest absolute Gasteiger partial charge is 0.167 e. The molecule has 4 N–H and O–H groups in total. The zero-order chi connectivity index (χ0) is 17.5. The van der Waals surface area contributed by atoms with Crippen LogP contribution in [0.2, 0.25) is 0 Å². The first kappa shape index (κ1) is 17.0. The van der Waals surface area contributed by atoms with Gasteiger partial charge in [-0.1, -0.05) is 20.8 Å². The van der Waals surface area contributed by atoms with E-state index in [4.69, 9.17) is 4.74 Å². The van der Waals surface area contributed by atoms with Crippen LogP contribution in [0.1, 0.15) is 27.0 Å². The molecule has 0 spiro atoms. The summed E-state index contributed by atoms with van der Waals surface area (Å²) in [7, 11) is 0. The summed E-state index contributed by atoms with van der Waals surface area (Å²) in [5.74, 6) is 0.598. The second kappa shape index (κ2) is 6.25. The lowest BCUT2D eigenvalue weighted by Gasteiger charge is -2.19. The fourth-order valence-electron chi connectivity index (χ4n) is 2.63. The van der Waals surface area contributed by atoms with Crippen molar-refractivity contribution in [3.63, 3.8) is 0 Å². The van der Waals surface area contributed by atoms with Gasteiger partial charge in [-0.2, -0.15) is 0 Å². The molecule has 1 aliphatic rings. The van der Waals surface area contributed by atoms with Crippen LogP contribution in [0.15, 0.2) is 12.7 Å². The number of hydrogen-bond donors (Lipinski definition) is 4. The molecule has 2 aromatic rings. The van der Waals surface area contributed by atoms with Crippen LogP contribution in [0, 0.1) is 5.41 Å². The van der Waals surface area contributed by atoms with E-state index in [0.29, 0.717) is 23.5 Å². The topological polar surface area (TPSA) is 126 Å². The van der Waals surface area contributed by atoms with Gasteiger partial charge < -0.3 is 25.4 Å². The van der Waals surface area contributed by atoms with Gasteiger partial charge in [-0.25, -0.2) is 15.0 Å². The lowest BCUT2D eigenvalue weighted by molar-refractivity contribution is -0.0511. The Hall–Kier alpha value is -1.81. The van der Waals surface area contributed by atoms with E-state index >= 15 is 0 Å². The van der Waals surface area contributed by atoms with Gasteiger partial charge in [0.05, 0.1) is 12.9 Å². The van der Waals surface area contributed by atoms with Crippen molar-refractivity contribution < 1.29 is 20.1 Å². The molecule has 4 unspecified atom stereocenters. The summed E-state index contributed by atoms with van der Waals surface area (Å²) in [6.45, 7) is 6.65. The van der Waals surface area contributed by atoms with Gasteiger partial charge in [0.2, 0.25) is 0 Å².